The number of primary amides is 1. The molecule has 0 aromatic carbocycles. The van der Waals surface area contributed by atoms with Gasteiger partial charge in [-0.15, -0.1) is 0 Å². The summed E-state index contributed by atoms with van der Waals surface area (Å²) in [7, 11) is 0. The summed E-state index contributed by atoms with van der Waals surface area (Å²) in [4.78, 5) is 22.2. The highest BCUT2D eigenvalue weighted by Gasteiger charge is 2.25. The first-order valence-electron chi connectivity index (χ1n) is 5.85. The Kier molecular flexibility index (Phi) is 4.73. The van der Waals surface area contributed by atoms with Gasteiger partial charge in [-0.1, -0.05) is 12.8 Å². The second kappa shape index (κ2) is 5.84. The van der Waals surface area contributed by atoms with E-state index >= 15 is 0 Å². The molecule has 16 heavy (non-hydrogen) atoms. The molecule has 0 radical (unpaired) electrons. The van der Waals surface area contributed by atoms with Gasteiger partial charge in [0.2, 0.25) is 11.8 Å². The second-order valence-corrected chi connectivity index (χ2v) is 4.62. The third-order valence-electron chi connectivity index (χ3n) is 3.23. The standard InChI is InChI=1S/C11H21N3O2/c1-7(8-4-2-3-5-8)14-11(16)9(12)6-10(13)15/h7-9H,2-6,12H2,1H3,(H2,13,15)(H,14,16)/t7-,9?/m0/s1. The van der Waals surface area contributed by atoms with Crippen LogP contribution in [0.4, 0.5) is 0 Å². The van der Waals surface area contributed by atoms with Crippen molar-refractivity contribution in [3.8, 4) is 0 Å². The number of rotatable bonds is 5. The summed E-state index contributed by atoms with van der Waals surface area (Å²) in [6.45, 7) is 1.99. The Morgan fingerprint density at radius 1 is 1.38 bits per heavy atom. The second-order valence-electron chi connectivity index (χ2n) is 4.62. The van der Waals surface area contributed by atoms with E-state index in [0.29, 0.717) is 5.92 Å². The summed E-state index contributed by atoms with van der Waals surface area (Å²) < 4.78 is 0. The van der Waals surface area contributed by atoms with Gasteiger partial charge in [-0.05, 0) is 25.7 Å². The molecular weight excluding hydrogens is 206 g/mol. The highest BCUT2D eigenvalue weighted by molar-refractivity contribution is 5.87. The van der Waals surface area contributed by atoms with Crippen LogP contribution in [0.1, 0.15) is 39.0 Å². The minimum atomic E-state index is -0.818. The minimum absolute atomic E-state index is 0.0940. The van der Waals surface area contributed by atoms with E-state index in [1.807, 2.05) is 6.92 Å². The number of carbonyl (C=O) groups is 2. The summed E-state index contributed by atoms with van der Waals surface area (Å²) in [5, 5.41) is 2.86. The Morgan fingerprint density at radius 2 is 1.94 bits per heavy atom. The predicted octanol–water partition coefficient (Wildman–Crippen LogP) is -0.116. The molecule has 1 saturated carbocycles. The first-order chi connectivity index (χ1) is 7.50. The molecule has 0 aromatic heterocycles. The van der Waals surface area contributed by atoms with Gasteiger partial charge < -0.3 is 16.8 Å². The molecule has 5 heteroatoms. The molecule has 1 aliphatic rings. The molecule has 2 amide bonds. The topological polar surface area (TPSA) is 98.2 Å². The molecule has 5 nitrogen and oxygen atoms in total. The normalized spacial score (nSPS) is 20.4. The van der Waals surface area contributed by atoms with Crippen LogP contribution < -0.4 is 16.8 Å². The Hall–Kier alpha value is -1.10. The van der Waals surface area contributed by atoms with E-state index in [1.165, 1.54) is 12.8 Å². The SMILES string of the molecule is C[C@H](NC(=O)C(N)CC(N)=O)C1CCCC1. The highest BCUT2D eigenvalue weighted by Crippen LogP contribution is 2.27. The summed E-state index contributed by atoms with van der Waals surface area (Å²) in [6, 6.07) is -0.685. The third-order valence-corrected chi connectivity index (χ3v) is 3.23. The molecule has 5 N–H and O–H groups in total. The fourth-order valence-corrected chi connectivity index (χ4v) is 2.22. The van der Waals surface area contributed by atoms with Crippen molar-refractivity contribution in [3.63, 3.8) is 0 Å². The molecule has 2 atom stereocenters. The smallest absolute Gasteiger partial charge is 0.237 e. The molecule has 0 aliphatic heterocycles. The number of amides is 2. The van der Waals surface area contributed by atoms with Crippen molar-refractivity contribution < 1.29 is 9.59 Å². The van der Waals surface area contributed by atoms with E-state index in [9.17, 15) is 9.59 Å². The van der Waals surface area contributed by atoms with E-state index < -0.39 is 11.9 Å². The lowest BCUT2D eigenvalue weighted by atomic mass is 9.99. The van der Waals surface area contributed by atoms with E-state index in [4.69, 9.17) is 11.5 Å². The van der Waals surface area contributed by atoms with Crippen molar-refractivity contribution in [2.75, 3.05) is 0 Å². The van der Waals surface area contributed by atoms with Crippen LogP contribution in [0, 0.1) is 5.92 Å². The molecule has 1 rings (SSSR count). The summed E-state index contributed by atoms with van der Waals surface area (Å²) in [5.41, 5.74) is 10.5. The Bertz CT molecular complexity index is 262. The molecule has 1 unspecified atom stereocenters. The molecule has 1 fully saturated rings. The largest absolute Gasteiger partial charge is 0.370 e. The third kappa shape index (κ3) is 3.81. The van der Waals surface area contributed by atoms with E-state index in [1.54, 1.807) is 0 Å². The zero-order valence-electron chi connectivity index (χ0n) is 9.74. The summed E-state index contributed by atoms with van der Waals surface area (Å²) >= 11 is 0. The van der Waals surface area contributed by atoms with Crippen molar-refractivity contribution >= 4 is 11.8 Å². The Morgan fingerprint density at radius 3 is 2.44 bits per heavy atom. The fraction of sp³-hybridized carbons (Fsp3) is 0.818. The molecule has 0 bridgehead atoms. The Labute approximate surface area is 95.9 Å². The van der Waals surface area contributed by atoms with Gasteiger partial charge in [-0.2, -0.15) is 0 Å². The van der Waals surface area contributed by atoms with Crippen LogP contribution in [0.5, 0.6) is 0 Å². The zero-order valence-corrected chi connectivity index (χ0v) is 9.74. The average Bonchev–Trinajstić information content (AvgIpc) is 2.68. The van der Waals surface area contributed by atoms with Crippen LogP contribution in [0.25, 0.3) is 0 Å². The maximum atomic E-state index is 11.6. The van der Waals surface area contributed by atoms with Gasteiger partial charge >= 0.3 is 0 Å². The quantitative estimate of drug-likeness (QED) is 0.611. The van der Waals surface area contributed by atoms with E-state index in [0.717, 1.165) is 12.8 Å². The average molecular weight is 227 g/mol. The van der Waals surface area contributed by atoms with Crippen molar-refractivity contribution in [3.05, 3.63) is 0 Å². The van der Waals surface area contributed by atoms with Crippen LogP contribution in [-0.4, -0.2) is 23.9 Å². The molecular formula is C11H21N3O2. The van der Waals surface area contributed by atoms with E-state index in [-0.39, 0.29) is 18.4 Å². The number of nitrogens with one attached hydrogen (secondary N) is 1. The van der Waals surface area contributed by atoms with Crippen molar-refractivity contribution in [2.45, 2.75) is 51.1 Å². The maximum absolute atomic E-state index is 11.6. The van der Waals surface area contributed by atoms with Crippen LogP contribution in [0.3, 0.4) is 0 Å². The number of nitrogens with two attached hydrogens (primary N) is 2. The summed E-state index contributed by atoms with van der Waals surface area (Å²) in [5.74, 6) is -0.279. The molecule has 0 spiro atoms. The summed E-state index contributed by atoms with van der Waals surface area (Å²) in [6.07, 6.45) is 4.69. The number of carbonyl (C=O) groups excluding carboxylic acids is 2. The molecule has 92 valence electrons. The van der Waals surface area contributed by atoms with Crippen molar-refractivity contribution in [2.24, 2.45) is 17.4 Å². The zero-order chi connectivity index (χ0) is 12.1. The van der Waals surface area contributed by atoms with Gasteiger partial charge in [0, 0.05) is 6.04 Å². The lowest BCUT2D eigenvalue weighted by molar-refractivity contribution is -0.127. The van der Waals surface area contributed by atoms with Gasteiger partial charge in [-0.3, -0.25) is 9.59 Å². The van der Waals surface area contributed by atoms with Gasteiger partial charge in [0.05, 0.1) is 12.5 Å². The van der Waals surface area contributed by atoms with Gasteiger partial charge in [0.1, 0.15) is 0 Å². The van der Waals surface area contributed by atoms with Crippen molar-refractivity contribution in [1.29, 1.82) is 0 Å². The monoisotopic (exact) mass is 227 g/mol. The molecule has 1 aliphatic carbocycles. The first-order valence-corrected chi connectivity index (χ1v) is 5.85. The lowest BCUT2D eigenvalue weighted by Gasteiger charge is -2.22. The van der Waals surface area contributed by atoms with Gasteiger partial charge in [-0.25, -0.2) is 0 Å². The van der Waals surface area contributed by atoms with Gasteiger partial charge in [0.15, 0.2) is 0 Å². The number of hydrogen-bond donors (Lipinski definition) is 3. The molecule has 0 heterocycles. The number of hydrogen-bond acceptors (Lipinski definition) is 3. The lowest BCUT2D eigenvalue weighted by Crippen LogP contribution is -2.47. The van der Waals surface area contributed by atoms with Crippen molar-refractivity contribution in [1.82, 2.24) is 5.32 Å². The highest BCUT2D eigenvalue weighted by atomic mass is 16.2. The van der Waals surface area contributed by atoms with E-state index in [2.05, 4.69) is 5.32 Å². The van der Waals surface area contributed by atoms with Crippen LogP contribution in [-0.2, 0) is 9.59 Å². The van der Waals surface area contributed by atoms with Gasteiger partial charge in [0.25, 0.3) is 0 Å². The fourth-order valence-electron chi connectivity index (χ4n) is 2.22. The molecule has 0 aromatic rings. The Balaban J connectivity index is 2.34. The molecule has 0 saturated heterocycles. The minimum Gasteiger partial charge on any atom is -0.370 e. The maximum Gasteiger partial charge on any atom is 0.237 e. The van der Waals surface area contributed by atoms with Crippen LogP contribution in [0.2, 0.25) is 0 Å². The van der Waals surface area contributed by atoms with Crippen LogP contribution >= 0.6 is 0 Å². The first kappa shape index (κ1) is 13.0. The predicted molar refractivity (Wildman–Crippen MR) is 61.3 cm³/mol. The van der Waals surface area contributed by atoms with Crippen LogP contribution in [0.15, 0.2) is 0 Å².